The van der Waals surface area contributed by atoms with Gasteiger partial charge in [0.2, 0.25) is 15.9 Å². The van der Waals surface area contributed by atoms with Gasteiger partial charge >= 0.3 is 0 Å². The fraction of sp³-hybridized carbons (Fsp3) is 0.579. The molecule has 1 aromatic rings. The second-order valence-corrected chi connectivity index (χ2v) is 10.2. The molecule has 0 spiro atoms. The van der Waals surface area contributed by atoms with E-state index in [1.165, 1.54) is 0 Å². The molecule has 0 heterocycles. The second kappa shape index (κ2) is 9.85. The van der Waals surface area contributed by atoms with Crippen LogP contribution in [0.2, 0.25) is 0 Å². The standard InChI is InChI=1S/C19H31N3O4S/c1-14(2)21-18(24)15-9-8-10-16(13-15)22-17(23)11-6-7-12-20-27(25,26)19(3,4)5/h8-10,13-14,20H,6-7,11-12H2,1-5H3,(H,21,24)(H,22,23). The molecular weight excluding hydrogens is 366 g/mol. The van der Waals surface area contributed by atoms with Gasteiger partial charge in [-0.05, 0) is 65.7 Å². The predicted octanol–water partition coefficient (Wildman–Crippen LogP) is 2.65. The molecule has 3 N–H and O–H groups in total. The lowest BCUT2D eigenvalue weighted by molar-refractivity contribution is -0.116. The Hall–Kier alpha value is -1.93. The van der Waals surface area contributed by atoms with Gasteiger partial charge in [0.1, 0.15) is 0 Å². The van der Waals surface area contributed by atoms with Crippen LogP contribution in [0.3, 0.4) is 0 Å². The minimum absolute atomic E-state index is 0.0338. The summed E-state index contributed by atoms with van der Waals surface area (Å²) in [7, 11) is -3.36. The van der Waals surface area contributed by atoms with E-state index >= 15 is 0 Å². The van der Waals surface area contributed by atoms with Crippen molar-refractivity contribution >= 4 is 27.5 Å². The molecule has 8 heteroatoms. The Morgan fingerprint density at radius 2 is 1.78 bits per heavy atom. The Kier molecular flexibility index (Phi) is 8.43. The number of sulfonamides is 1. The zero-order valence-corrected chi connectivity index (χ0v) is 17.6. The van der Waals surface area contributed by atoms with E-state index in [2.05, 4.69) is 15.4 Å². The van der Waals surface area contributed by atoms with Crippen LogP contribution in [0.25, 0.3) is 0 Å². The monoisotopic (exact) mass is 397 g/mol. The molecule has 0 aromatic heterocycles. The minimum Gasteiger partial charge on any atom is -0.350 e. The topological polar surface area (TPSA) is 104 Å². The van der Waals surface area contributed by atoms with Crippen molar-refractivity contribution < 1.29 is 18.0 Å². The number of nitrogens with one attached hydrogen (secondary N) is 3. The van der Waals surface area contributed by atoms with Crippen LogP contribution in [-0.4, -0.2) is 37.6 Å². The van der Waals surface area contributed by atoms with Crippen molar-refractivity contribution in [2.75, 3.05) is 11.9 Å². The van der Waals surface area contributed by atoms with Gasteiger partial charge in [0.05, 0.1) is 4.75 Å². The average Bonchev–Trinajstić information content (AvgIpc) is 2.53. The first-order valence-electron chi connectivity index (χ1n) is 9.12. The van der Waals surface area contributed by atoms with Crippen LogP contribution in [0.15, 0.2) is 24.3 Å². The number of hydrogen-bond donors (Lipinski definition) is 3. The third-order valence-corrected chi connectivity index (χ3v) is 5.95. The minimum atomic E-state index is -3.36. The van der Waals surface area contributed by atoms with Crippen molar-refractivity contribution in [2.24, 2.45) is 0 Å². The highest BCUT2D eigenvalue weighted by Crippen LogP contribution is 2.14. The number of rotatable bonds is 9. The van der Waals surface area contributed by atoms with Crippen LogP contribution in [0.4, 0.5) is 5.69 Å². The van der Waals surface area contributed by atoms with Crippen LogP contribution in [0.5, 0.6) is 0 Å². The van der Waals surface area contributed by atoms with E-state index < -0.39 is 14.8 Å². The SMILES string of the molecule is CC(C)NC(=O)c1cccc(NC(=O)CCCCNS(=O)(=O)C(C)(C)C)c1. The fourth-order valence-corrected chi connectivity index (χ4v) is 2.99. The summed E-state index contributed by atoms with van der Waals surface area (Å²) in [5.41, 5.74) is 1.04. The molecule has 0 radical (unpaired) electrons. The molecular formula is C19H31N3O4S. The molecule has 0 aliphatic carbocycles. The van der Waals surface area contributed by atoms with Gasteiger partial charge in [-0.15, -0.1) is 0 Å². The third-order valence-electron chi connectivity index (χ3n) is 3.76. The zero-order valence-electron chi connectivity index (χ0n) is 16.8. The van der Waals surface area contributed by atoms with E-state index in [1.807, 2.05) is 13.8 Å². The summed E-state index contributed by atoms with van der Waals surface area (Å²) in [6.07, 6.45) is 1.41. The van der Waals surface area contributed by atoms with Crippen LogP contribution in [0.1, 0.15) is 64.2 Å². The van der Waals surface area contributed by atoms with Gasteiger partial charge in [0.25, 0.3) is 5.91 Å². The molecule has 7 nitrogen and oxygen atoms in total. The highest BCUT2D eigenvalue weighted by Gasteiger charge is 2.27. The van der Waals surface area contributed by atoms with E-state index in [4.69, 9.17) is 0 Å². The number of hydrogen-bond acceptors (Lipinski definition) is 4. The van der Waals surface area contributed by atoms with Gasteiger partial charge in [0.15, 0.2) is 0 Å². The Morgan fingerprint density at radius 3 is 2.37 bits per heavy atom. The van der Waals surface area contributed by atoms with Gasteiger partial charge in [-0.25, -0.2) is 13.1 Å². The second-order valence-electron chi connectivity index (χ2n) is 7.72. The van der Waals surface area contributed by atoms with Gasteiger partial charge < -0.3 is 10.6 Å². The molecule has 0 fully saturated rings. The molecule has 0 aliphatic heterocycles. The van der Waals surface area contributed by atoms with Crippen LogP contribution < -0.4 is 15.4 Å². The maximum absolute atomic E-state index is 12.0. The highest BCUT2D eigenvalue weighted by molar-refractivity contribution is 7.90. The summed E-state index contributed by atoms with van der Waals surface area (Å²) in [5, 5.41) is 5.57. The molecule has 152 valence electrons. The summed E-state index contributed by atoms with van der Waals surface area (Å²) < 4.78 is 25.5. The van der Waals surface area contributed by atoms with Crippen LogP contribution in [-0.2, 0) is 14.8 Å². The zero-order chi connectivity index (χ0) is 20.7. The summed E-state index contributed by atoms with van der Waals surface area (Å²) in [5.74, 6) is -0.359. The first kappa shape index (κ1) is 23.1. The first-order valence-corrected chi connectivity index (χ1v) is 10.6. The van der Waals surface area contributed by atoms with Crippen molar-refractivity contribution in [3.05, 3.63) is 29.8 Å². The third kappa shape index (κ3) is 8.09. The van der Waals surface area contributed by atoms with Crippen molar-refractivity contribution in [1.29, 1.82) is 0 Å². The molecule has 1 rings (SSSR count). The maximum Gasteiger partial charge on any atom is 0.251 e. The molecule has 0 bridgehead atoms. The number of amides is 2. The predicted molar refractivity (Wildman–Crippen MR) is 108 cm³/mol. The van der Waals surface area contributed by atoms with Gasteiger partial charge in [0, 0.05) is 30.3 Å². The number of carbonyl (C=O) groups excluding carboxylic acids is 2. The van der Waals surface area contributed by atoms with Crippen molar-refractivity contribution in [1.82, 2.24) is 10.0 Å². The molecule has 1 aromatic carbocycles. The number of unbranched alkanes of at least 4 members (excludes halogenated alkanes) is 1. The average molecular weight is 398 g/mol. The first-order chi connectivity index (χ1) is 12.4. The van der Waals surface area contributed by atoms with E-state index in [-0.39, 0.29) is 24.3 Å². The highest BCUT2D eigenvalue weighted by atomic mass is 32.2. The van der Waals surface area contributed by atoms with E-state index in [1.54, 1.807) is 45.0 Å². The molecule has 0 saturated heterocycles. The largest absolute Gasteiger partial charge is 0.350 e. The van der Waals surface area contributed by atoms with Crippen LogP contribution in [0, 0.1) is 0 Å². The van der Waals surface area contributed by atoms with Crippen molar-refractivity contribution in [3.63, 3.8) is 0 Å². The lowest BCUT2D eigenvalue weighted by atomic mass is 10.1. The molecule has 0 unspecified atom stereocenters. The maximum atomic E-state index is 12.0. The summed E-state index contributed by atoms with van der Waals surface area (Å²) in [6, 6.07) is 6.79. The van der Waals surface area contributed by atoms with Crippen molar-refractivity contribution in [3.8, 4) is 0 Å². The van der Waals surface area contributed by atoms with Crippen LogP contribution >= 0.6 is 0 Å². The molecule has 27 heavy (non-hydrogen) atoms. The Morgan fingerprint density at radius 1 is 1.11 bits per heavy atom. The Labute approximate surface area is 162 Å². The number of anilines is 1. The molecule has 0 atom stereocenters. The quantitative estimate of drug-likeness (QED) is 0.557. The molecule has 0 aliphatic rings. The summed E-state index contributed by atoms with van der Waals surface area (Å²) in [6.45, 7) is 8.98. The fourth-order valence-electron chi connectivity index (χ4n) is 2.14. The summed E-state index contributed by atoms with van der Waals surface area (Å²) >= 11 is 0. The number of carbonyl (C=O) groups is 2. The lowest BCUT2D eigenvalue weighted by Crippen LogP contribution is -2.39. The number of benzene rings is 1. The summed E-state index contributed by atoms with van der Waals surface area (Å²) in [4.78, 5) is 24.0. The van der Waals surface area contributed by atoms with E-state index in [9.17, 15) is 18.0 Å². The Balaban J connectivity index is 2.42. The van der Waals surface area contributed by atoms with E-state index in [0.29, 0.717) is 30.6 Å². The molecule has 2 amide bonds. The Bertz CT molecular complexity index is 752. The van der Waals surface area contributed by atoms with Crippen molar-refractivity contribution in [2.45, 2.75) is 64.7 Å². The van der Waals surface area contributed by atoms with Gasteiger partial charge in [-0.1, -0.05) is 6.07 Å². The smallest absolute Gasteiger partial charge is 0.251 e. The normalized spacial score (nSPS) is 12.1. The molecule has 0 saturated carbocycles. The van der Waals surface area contributed by atoms with Gasteiger partial charge in [-0.2, -0.15) is 0 Å². The van der Waals surface area contributed by atoms with E-state index in [0.717, 1.165) is 0 Å². The lowest BCUT2D eigenvalue weighted by Gasteiger charge is -2.19. The van der Waals surface area contributed by atoms with Gasteiger partial charge in [-0.3, -0.25) is 9.59 Å².